The molecule has 1 aromatic heterocycles. The average Bonchev–Trinajstić information content (AvgIpc) is 2.60. The van der Waals surface area contributed by atoms with Crippen molar-refractivity contribution in [3.8, 4) is 10.6 Å². The lowest BCUT2D eigenvalue weighted by molar-refractivity contribution is 1.32. The number of hydrogen-bond acceptors (Lipinski definition) is 2. The summed E-state index contributed by atoms with van der Waals surface area (Å²) in [5.41, 5.74) is 3.43. The summed E-state index contributed by atoms with van der Waals surface area (Å²) in [6.07, 6.45) is 2.03. The largest absolute Gasteiger partial charge is 0.237 e. The monoisotopic (exact) mass is 241 g/mol. The van der Waals surface area contributed by atoms with Crippen LogP contribution in [0.4, 0.5) is 0 Å². The van der Waals surface area contributed by atoms with Gasteiger partial charge >= 0.3 is 0 Å². The summed E-state index contributed by atoms with van der Waals surface area (Å²) >= 11 is 1.66. The van der Waals surface area contributed by atoms with E-state index in [1.807, 2.05) is 13.0 Å². The van der Waals surface area contributed by atoms with Gasteiger partial charge < -0.3 is 0 Å². The van der Waals surface area contributed by atoms with Gasteiger partial charge in [-0.15, -0.1) is 11.3 Å². The number of hydrogen-bond donors (Lipinski definition) is 0. The highest BCUT2D eigenvalue weighted by atomic mass is 32.1. The van der Waals surface area contributed by atoms with Crippen molar-refractivity contribution in [2.45, 2.75) is 13.8 Å². The predicted molar refractivity (Wildman–Crippen MR) is 76.3 cm³/mol. The van der Waals surface area contributed by atoms with Gasteiger partial charge in [-0.3, -0.25) is 0 Å². The second-order valence-electron chi connectivity index (χ2n) is 4.19. The molecule has 0 fully saturated rings. The zero-order valence-corrected chi connectivity index (χ0v) is 11.0. The van der Waals surface area contributed by atoms with Gasteiger partial charge in [0.25, 0.3) is 0 Å². The molecule has 0 bridgehead atoms. The van der Waals surface area contributed by atoms with E-state index < -0.39 is 0 Å². The van der Waals surface area contributed by atoms with Crippen LogP contribution in [0, 0.1) is 6.92 Å². The van der Waals surface area contributed by atoms with E-state index in [0.717, 1.165) is 26.0 Å². The Morgan fingerprint density at radius 1 is 1.29 bits per heavy atom. The summed E-state index contributed by atoms with van der Waals surface area (Å²) in [5, 5.41) is 1.84. The molecule has 0 saturated carbocycles. The Hall–Kier alpha value is -1.67. The van der Waals surface area contributed by atoms with Crippen LogP contribution in [0.25, 0.3) is 23.2 Å². The van der Waals surface area contributed by atoms with Gasteiger partial charge in [-0.25, -0.2) is 4.98 Å². The third kappa shape index (κ3) is 2.71. The van der Waals surface area contributed by atoms with E-state index in [9.17, 15) is 0 Å². The molecule has 1 nitrogen and oxygen atoms in total. The molecule has 0 spiro atoms. The van der Waals surface area contributed by atoms with Crippen molar-refractivity contribution in [2.24, 2.45) is 0 Å². The van der Waals surface area contributed by atoms with Gasteiger partial charge in [-0.2, -0.15) is 0 Å². The predicted octanol–water partition coefficient (Wildman–Crippen LogP) is 2.89. The molecule has 0 amide bonds. The van der Waals surface area contributed by atoms with E-state index in [4.69, 9.17) is 0 Å². The van der Waals surface area contributed by atoms with Crippen molar-refractivity contribution in [2.75, 3.05) is 0 Å². The molecule has 0 N–H and O–H groups in total. The van der Waals surface area contributed by atoms with Crippen LogP contribution in [0.1, 0.15) is 12.5 Å². The molecular weight excluding hydrogens is 226 g/mol. The maximum atomic E-state index is 4.50. The molecule has 2 heteroatoms. The Kier molecular flexibility index (Phi) is 3.25. The van der Waals surface area contributed by atoms with E-state index >= 15 is 0 Å². The van der Waals surface area contributed by atoms with Crippen LogP contribution in [-0.4, -0.2) is 4.98 Å². The molecule has 0 aliphatic carbocycles. The molecule has 86 valence electrons. The van der Waals surface area contributed by atoms with Gasteiger partial charge in [0.1, 0.15) is 5.01 Å². The average molecular weight is 241 g/mol. The lowest BCUT2D eigenvalue weighted by Crippen LogP contribution is -2.18. The third-order valence-electron chi connectivity index (χ3n) is 2.40. The van der Waals surface area contributed by atoms with Crippen LogP contribution >= 0.6 is 11.3 Å². The zero-order valence-electron chi connectivity index (χ0n) is 10.2. The summed E-state index contributed by atoms with van der Waals surface area (Å²) < 4.78 is 1.09. The quantitative estimate of drug-likeness (QED) is 0.788. The van der Waals surface area contributed by atoms with Gasteiger partial charge in [-0.1, -0.05) is 48.6 Å². The summed E-state index contributed by atoms with van der Waals surface area (Å²) in [6.45, 7) is 11.9. The zero-order chi connectivity index (χ0) is 12.4. The molecule has 17 heavy (non-hydrogen) atoms. The van der Waals surface area contributed by atoms with Crippen molar-refractivity contribution in [1.82, 2.24) is 4.98 Å². The molecule has 0 aliphatic heterocycles. The van der Waals surface area contributed by atoms with Crippen LogP contribution in [0.2, 0.25) is 0 Å². The topological polar surface area (TPSA) is 12.9 Å². The van der Waals surface area contributed by atoms with E-state index in [2.05, 4.69) is 49.3 Å². The van der Waals surface area contributed by atoms with E-state index in [-0.39, 0.29) is 0 Å². The Labute approximate surface area is 105 Å². The SMILES string of the molecule is C=C(C)/C=c1/sc(-c2ccc(C)cc2)nc1=C. The number of benzene rings is 1. The lowest BCUT2D eigenvalue weighted by atomic mass is 10.2. The smallest absolute Gasteiger partial charge is 0.124 e. The Balaban J connectivity index is 2.52. The van der Waals surface area contributed by atoms with Crippen molar-refractivity contribution in [3.05, 3.63) is 51.9 Å². The first-order valence-electron chi connectivity index (χ1n) is 5.46. The second kappa shape index (κ2) is 4.68. The van der Waals surface area contributed by atoms with E-state index in [1.54, 1.807) is 11.3 Å². The highest BCUT2D eigenvalue weighted by Gasteiger charge is 2.02. The van der Waals surface area contributed by atoms with Crippen LogP contribution in [0.5, 0.6) is 0 Å². The highest BCUT2D eigenvalue weighted by molar-refractivity contribution is 7.13. The number of aryl methyl sites for hydroxylation is 1. The summed E-state index contributed by atoms with van der Waals surface area (Å²) in [4.78, 5) is 4.50. The standard InChI is InChI=1S/C15H15NS/c1-10(2)9-14-12(4)16-15(17-14)13-7-5-11(3)6-8-13/h5-9H,1,4H2,2-3H3/b14-9+. The fourth-order valence-electron chi connectivity index (χ4n) is 1.52. The van der Waals surface area contributed by atoms with Gasteiger partial charge in [-0.05, 0) is 19.9 Å². The highest BCUT2D eigenvalue weighted by Crippen LogP contribution is 2.18. The van der Waals surface area contributed by atoms with Gasteiger partial charge in [0.05, 0.1) is 9.88 Å². The molecule has 0 aliphatic rings. The number of rotatable bonds is 2. The van der Waals surface area contributed by atoms with Gasteiger partial charge in [0.2, 0.25) is 0 Å². The molecule has 1 aromatic carbocycles. The molecule has 0 unspecified atom stereocenters. The summed E-state index contributed by atoms with van der Waals surface area (Å²) in [7, 11) is 0. The minimum Gasteiger partial charge on any atom is -0.237 e. The molecule has 1 heterocycles. The van der Waals surface area contributed by atoms with Crippen molar-refractivity contribution < 1.29 is 0 Å². The maximum Gasteiger partial charge on any atom is 0.124 e. The Morgan fingerprint density at radius 2 is 1.94 bits per heavy atom. The number of aromatic nitrogens is 1. The summed E-state index contributed by atoms with van der Waals surface area (Å²) in [5.74, 6) is 0. The number of allylic oxidation sites excluding steroid dienone is 1. The number of thiazole rings is 1. The normalized spacial score (nSPS) is 11.8. The first-order chi connectivity index (χ1) is 8.06. The Bertz CT molecular complexity index is 647. The minimum atomic E-state index is 0.827. The molecule has 0 radical (unpaired) electrons. The van der Waals surface area contributed by atoms with E-state index in [1.165, 1.54) is 5.56 Å². The van der Waals surface area contributed by atoms with Crippen LogP contribution in [-0.2, 0) is 0 Å². The Morgan fingerprint density at radius 3 is 2.53 bits per heavy atom. The lowest BCUT2D eigenvalue weighted by Gasteiger charge is -1.95. The minimum absolute atomic E-state index is 0.827. The van der Waals surface area contributed by atoms with Crippen molar-refractivity contribution in [1.29, 1.82) is 0 Å². The fourth-order valence-corrected chi connectivity index (χ4v) is 2.56. The fraction of sp³-hybridized carbons (Fsp3) is 0.133. The molecule has 2 aromatic rings. The number of nitrogens with zero attached hydrogens (tertiary/aromatic N) is 1. The van der Waals surface area contributed by atoms with Crippen LogP contribution in [0.15, 0.2) is 36.4 Å². The molecule has 2 rings (SSSR count). The molecule has 0 atom stereocenters. The van der Waals surface area contributed by atoms with Crippen molar-refractivity contribution in [3.63, 3.8) is 0 Å². The molecule has 0 saturated heterocycles. The maximum absolute atomic E-state index is 4.50. The van der Waals surface area contributed by atoms with Crippen molar-refractivity contribution >= 4 is 24.0 Å². The summed E-state index contributed by atoms with van der Waals surface area (Å²) in [6, 6.07) is 8.39. The van der Waals surface area contributed by atoms with E-state index in [0.29, 0.717) is 0 Å². The van der Waals surface area contributed by atoms with Crippen LogP contribution < -0.4 is 9.88 Å². The van der Waals surface area contributed by atoms with Gasteiger partial charge in [0, 0.05) is 5.56 Å². The van der Waals surface area contributed by atoms with Gasteiger partial charge in [0.15, 0.2) is 0 Å². The second-order valence-corrected chi connectivity index (χ2v) is 5.22. The first kappa shape index (κ1) is 11.8. The third-order valence-corrected chi connectivity index (χ3v) is 3.50. The van der Waals surface area contributed by atoms with Crippen LogP contribution in [0.3, 0.4) is 0 Å². The molecular formula is C15H15NS. The first-order valence-corrected chi connectivity index (χ1v) is 6.28.